The molecule has 1 aliphatic heterocycles. The van der Waals surface area contributed by atoms with Gasteiger partial charge in [0.25, 0.3) is 0 Å². The van der Waals surface area contributed by atoms with Gasteiger partial charge in [0, 0.05) is 49.7 Å². The number of hydrogen-bond acceptors (Lipinski definition) is 3. The van der Waals surface area contributed by atoms with Crippen LogP contribution in [0.5, 0.6) is 0 Å². The number of pyridine rings is 1. The number of aromatic nitrogens is 3. The van der Waals surface area contributed by atoms with Crippen molar-refractivity contribution in [2.45, 2.75) is 25.3 Å². The van der Waals surface area contributed by atoms with Crippen LogP contribution in [0, 0.1) is 0 Å². The topological polar surface area (TPSA) is 34.0 Å². The molecule has 0 N–H and O–H groups in total. The molecule has 100 valence electrons. The molecule has 2 aromatic heterocycles. The third-order valence-electron chi connectivity index (χ3n) is 3.85. The Kier molecular flexibility index (Phi) is 3.60. The Balaban J connectivity index is 1.64. The fourth-order valence-corrected chi connectivity index (χ4v) is 2.89. The lowest BCUT2D eigenvalue weighted by Gasteiger charge is -2.23. The third-order valence-corrected chi connectivity index (χ3v) is 3.85. The molecule has 0 saturated carbocycles. The predicted octanol–water partition coefficient (Wildman–Crippen LogP) is 2.19. The Morgan fingerprint density at radius 3 is 3.05 bits per heavy atom. The molecule has 0 amide bonds. The molecule has 0 radical (unpaired) electrons. The molecule has 2 aromatic rings. The van der Waals surface area contributed by atoms with E-state index in [9.17, 15) is 0 Å². The first-order valence-electron chi connectivity index (χ1n) is 6.95. The summed E-state index contributed by atoms with van der Waals surface area (Å²) in [5.74, 6) is 0. The van der Waals surface area contributed by atoms with Crippen molar-refractivity contribution >= 4 is 0 Å². The van der Waals surface area contributed by atoms with Gasteiger partial charge in [-0.25, -0.2) is 0 Å². The summed E-state index contributed by atoms with van der Waals surface area (Å²) in [7, 11) is 1.98. The molecule has 3 rings (SSSR count). The summed E-state index contributed by atoms with van der Waals surface area (Å²) in [6.07, 6.45) is 9.57. The van der Waals surface area contributed by atoms with E-state index in [2.05, 4.69) is 33.3 Å². The molecular weight excluding hydrogens is 236 g/mol. The van der Waals surface area contributed by atoms with E-state index in [1.165, 1.54) is 30.6 Å². The van der Waals surface area contributed by atoms with Crippen LogP contribution in [0.1, 0.15) is 30.1 Å². The summed E-state index contributed by atoms with van der Waals surface area (Å²) in [6, 6.07) is 6.68. The van der Waals surface area contributed by atoms with Crippen molar-refractivity contribution in [1.29, 1.82) is 0 Å². The van der Waals surface area contributed by atoms with Crippen molar-refractivity contribution < 1.29 is 0 Å². The van der Waals surface area contributed by atoms with Gasteiger partial charge >= 0.3 is 0 Å². The van der Waals surface area contributed by atoms with E-state index in [0.29, 0.717) is 6.04 Å². The van der Waals surface area contributed by atoms with Gasteiger partial charge in [-0.2, -0.15) is 5.10 Å². The van der Waals surface area contributed by atoms with Crippen molar-refractivity contribution in [2.24, 2.45) is 7.05 Å². The van der Waals surface area contributed by atoms with Crippen LogP contribution in [0.3, 0.4) is 0 Å². The molecule has 0 bridgehead atoms. The first-order valence-corrected chi connectivity index (χ1v) is 6.95. The maximum Gasteiger partial charge on any atom is 0.0537 e. The Labute approximate surface area is 114 Å². The molecule has 1 saturated heterocycles. The van der Waals surface area contributed by atoms with Crippen LogP contribution in [-0.4, -0.2) is 32.8 Å². The number of likely N-dealkylation sites (tertiary alicyclic amines) is 1. The van der Waals surface area contributed by atoms with E-state index < -0.39 is 0 Å². The number of hydrogen-bond donors (Lipinski definition) is 0. The highest BCUT2D eigenvalue weighted by Crippen LogP contribution is 2.31. The Morgan fingerprint density at radius 1 is 1.37 bits per heavy atom. The van der Waals surface area contributed by atoms with Gasteiger partial charge in [-0.1, -0.05) is 6.07 Å². The average molecular weight is 256 g/mol. The van der Waals surface area contributed by atoms with E-state index in [4.69, 9.17) is 0 Å². The van der Waals surface area contributed by atoms with E-state index in [1.54, 1.807) is 0 Å². The van der Waals surface area contributed by atoms with Crippen molar-refractivity contribution in [3.63, 3.8) is 0 Å². The number of aryl methyl sites for hydroxylation is 1. The second kappa shape index (κ2) is 5.53. The Morgan fingerprint density at radius 2 is 2.32 bits per heavy atom. The highest BCUT2D eigenvalue weighted by Gasteiger charge is 2.26. The first-order chi connectivity index (χ1) is 9.33. The lowest BCUT2D eigenvalue weighted by atomic mass is 10.1. The minimum Gasteiger partial charge on any atom is -0.296 e. The second-order valence-electron chi connectivity index (χ2n) is 5.21. The number of nitrogens with zero attached hydrogens (tertiary/aromatic N) is 4. The largest absolute Gasteiger partial charge is 0.296 e. The molecule has 4 nitrogen and oxygen atoms in total. The van der Waals surface area contributed by atoms with Gasteiger partial charge in [0.1, 0.15) is 0 Å². The fourth-order valence-electron chi connectivity index (χ4n) is 2.89. The zero-order valence-corrected chi connectivity index (χ0v) is 11.4. The fraction of sp³-hybridized carbons (Fsp3) is 0.467. The average Bonchev–Trinajstić information content (AvgIpc) is 3.06. The van der Waals surface area contributed by atoms with Crippen LogP contribution >= 0.6 is 0 Å². The molecule has 19 heavy (non-hydrogen) atoms. The second-order valence-corrected chi connectivity index (χ2v) is 5.21. The van der Waals surface area contributed by atoms with E-state index in [1.807, 2.05) is 30.2 Å². The van der Waals surface area contributed by atoms with Gasteiger partial charge in [0.05, 0.1) is 6.20 Å². The van der Waals surface area contributed by atoms with E-state index in [-0.39, 0.29) is 0 Å². The molecule has 4 heteroatoms. The maximum atomic E-state index is 4.40. The van der Waals surface area contributed by atoms with Gasteiger partial charge in [0.15, 0.2) is 0 Å². The van der Waals surface area contributed by atoms with Crippen LogP contribution in [0.15, 0.2) is 36.8 Å². The molecule has 1 aliphatic rings. The molecule has 1 unspecified atom stereocenters. The number of rotatable bonds is 4. The van der Waals surface area contributed by atoms with Crippen LogP contribution < -0.4 is 0 Å². The van der Waals surface area contributed by atoms with E-state index in [0.717, 1.165) is 13.0 Å². The molecule has 3 heterocycles. The monoisotopic (exact) mass is 256 g/mol. The minimum absolute atomic E-state index is 0.539. The third kappa shape index (κ3) is 2.84. The first kappa shape index (κ1) is 12.4. The molecule has 0 spiro atoms. The summed E-state index contributed by atoms with van der Waals surface area (Å²) in [5.41, 5.74) is 2.53. The van der Waals surface area contributed by atoms with Crippen molar-refractivity contribution in [2.75, 3.05) is 13.1 Å². The predicted molar refractivity (Wildman–Crippen MR) is 74.7 cm³/mol. The normalized spacial score (nSPS) is 19.9. The summed E-state index contributed by atoms with van der Waals surface area (Å²) in [4.78, 5) is 6.96. The Bertz CT molecular complexity index is 520. The highest BCUT2D eigenvalue weighted by atomic mass is 15.3. The van der Waals surface area contributed by atoms with Gasteiger partial charge in [0.2, 0.25) is 0 Å². The van der Waals surface area contributed by atoms with Crippen LogP contribution in [0.25, 0.3) is 0 Å². The van der Waals surface area contributed by atoms with Crippen LogP contribution in [0.2, 0.25) is 0 Å². The zero-order valence-electron chi connectivity index (χ0n) is 11.4. The Hall–Kier alpha value is -1.68. The van der Waals surface area contributed by atoms with E-state index >= 15 is 0 Å². The standard InChI is InChI=1S/C15H20N4/c1-18-12-13(11-17-18)15-6-4-9-19(15)10-7-14-5-2-3-8-16-14/h2-3,5,8,11-12,15H,4,6-7,9-10H2,1H3. The molecule has 1 fully saturated rings. The molecule has 1 atom stereocenters. The SMILES string of the molecule is Cn1cc(C2CCCN2CCc2ccccn2)cn1. The molecule has 0 aliphatic carbocycles. The smallest absolute Gasteiger partial charge is 0.0537 e. The molecular formula is C15H20N4. The van der Waals surface area contributed by atoms with Crippen LogP contribution in [-0.2, 0) is 13.5 Å². The van der Waals surface area contributed by atoms with Gasteiger partial charge in [-0.15, -0.1) is 0 Å². The van der Waals surface area contributed by atoms with Crippen molar-refractivity contribution in [3.8, 4) is 0 Å². The van der Waals surface area contributed by atoms with Crippen molar-refractivity contribution in [1.82, 2.24) is 19.7 Å². The quantitative estimate of drug-likeness (QED) is 0.841. The highest BCUT2D eigenvalue weighted by molar-refractivity contribution is 5.12. The van der Waals surface area contributed by atoms with Gasteiger partial charge < -0.3 is 0 Å². The lowest BCUT2D eigenvalue weighted by molar-refractivity contribution is 0.259. The minimum atomic E-state index is 0.539. The molecule has 0 aromatic carbocycles. The van der Waals surface area contributed by atoms with Crippen molar-refractivity contribution in [3.05, 3.63) is 48.0 Å². The van der Waals surface area contributed by atoms with Gasteiger partial charge in [-0.05, 0) is 31.5 Å². The maximum absolute atomic E-state index is 4.40. The summed E-state index contributed by atoms with van der Waals surface area (Å²) < 4.78 is 1.89. The summed E-state index contributed by atoms with van der Waals surface area (Å²) in [6.45, 7) is 2.27. The van der Waals surface area contributed by atoms with Crippen LogP contribution in [0.4, 0.5) is 0 Å². The zero-order chi connectivity index (χ0) is 13.1. The lowest BCUT2D eigenvalue weighted by Crippen LogP contribution is -2.25. The van der Waals surface area contributed by atoms with Gasteiger partial charge in [-0.3, -0.25) is 14.6 Å². The summed E-state index contributed by atoms with van der Waals surface area (Å²) >= 11 is 0. The summed E-state index contributed by atoms with van der Waals surface area (Å²) in [5, 5.41) is 4.29.